The summed E-state index contributed by atoms with van der Waals surface area (Å²) in [5, 5.41) is 0. The monoisotopic (exact) mass is 283 g/mol. The summed E-state index contributed by atoms with van der Waals surface area (Å²) in [5.74, 6) is 0.291. The number of sulfonamides is 1. The first-order chi connectivity index (χ1) is 8.89. The highest BCUT2D eigenvalue weighted by atomic mass is 32.2. The Bertz CT molecular complexity index is 514. The third kappa shape index (κ3) is 3.78. The Balaban J connectivity index is 2.24. The Morgan fingerprint density at radius 3 is 2.37 bits per heavy atom. The minimum atomic E-state index is -3.41. The van der Waals surface area contributed by atoms with Gasteiger partial charge >= 0.3 is 0 Å². The second kappa shape index (κ2) is 5.61. The first-order valence-electron chi connectivity index (χ1n) is 6.58. The van der Waals surface area contributed by atoms with Crippen LogP contribution in [-0.4, -0.2) is 38.5 Å². The molecule has 1 aromatic rings. The van der Waals surface area contributed by atoms with Crippen molar-refractivity contribution >= 4 is 10.0 Å². The van der Waals surface area contributed by atoms with Crippen LogP contribution in [0, 0.1) is 12.8 Å². The molecule has 1 aromatic carbocycles. The average molecular weight is 283 g/mol. The van der Waals surface area contributed by atoms with Crippen LogP contribution >= 0.6 is 0 Å². The molecule has 1 unspecified atom stereocenters. The van der Waals surface area contributed by atoms with Crippen molar-refractivity contribution in [3.8, 4) is 0 Å². The van der Waals surface area contributed by atoms with E-state index in [-0.39, 0.29) is 6.10 Å². The molecule has 0 bridgehead atoms. The minimum absolute atomic E-state index is 0.0685. The van der Waals surface area contributed by atoms with Crippen LogP contribution in [0.1, 0.15) is 19.4 Å². The van der Waals surface area contributed by atoms with Gasteiger partial charge in [-0.1, -0.05) is 31.5 Å². The largest absolute Gasteiger partial charge is 0.372 e. The maximum absolute atomic E-state index is 12.6. The second-order valence-electron chi connectivity index (χ2n) is 5.48. The summed E-state index contributed by atoms with van der Waals surface area (Å²) in [4.78, 5) is 0.361. The molecule has 4 nitrogen and oxygen atoms in total. The maximum Gasteiger partial charge on any atom is 0.243 e. The number of rotatable bonds is 6. The van der Waals surface area contributed by atoms with Gasteiger partial charge in [0.2, 0.25) is 10.0 Å². The Kier molecular flexibility index (Phi) is 4.28. The summed E-state index contributed by atoms with van der Waals surface area (Å²) >= 11 is 0. The molecule has 1 aliphatic heterocycles. The zero-order chi connectivity index (χ0) is 14.0. The maximum atomic E-state index is 12.6. The zero-order valence-electron chi connectivity index (χ0n) is 11.7. The van der Waals surface area contributed by atoms with Crippen molar-refractivity contribution in [2.75, 3.05) is 19.7 Å². The van der Waals surface area contributed by atoms with Crippen LogP contribution in [-0.2, 0) is 14.8 Å². The third-order valence-electron chi connectivity index (χ3n) is 3.04. The molecule has 1 heterocycles. The minimum Gasteiger partial charge on any atom is -0.372 e. The molecule has 1 fully saturated rings. The molecule has 1 atom stereocenters. The summed E-state index contributed by atoms with van der Waals surface area (Å²) in [7, 11) is -3.41. The van der Waals surface area contributed by atoms with Gasteiger partial charge in [-0.05, 0) is 25.0 Å². The van der Waals surface area contributed by atoms with Gasteiger partial charge in [0.1, 0.15) is 0 Å². The van der Waals surface area contributed by atoms with Gasteiger partial charge < -0.3 is 4.74 Å². The summed E-state index contributed by atoms with van der Waals surface area (Å²) in [6, 6.07) is 7.00. The van der Waals surface area contributed by atoms with Crippen LogP contribution in [0.3, 0.4) is 0 Å². The van der Waals surface area contributed by atoms with Crippen molar-refractivity contribution in [2.24, 2.45) is 5.92 Å². The van der Waals surface area contributed by atoms with E-state index in [1.807, 2.05) is 32.9 Å². The fourth-order valence-corrected chi connectivity index (χ4v) is 3.57. The van der Waals surface area contributed by atoms with Crippen LogP contribution < -0.4 is 0 Å². The molecule has 1 saturated heterocycles. The molecule has 2 rings (SSSR count). The van der Waals surface area contributed by atoms with E-state index in [9.17, 15) is 8.42 Å². The topological polar surface area (TPSA) is 49.9 Å². The number of hydrogen-bond donors (Lipinski definition) is 0. The lowest BCUT2D eigenvalue weighted by Crippen LogP contribution is -2.37. The van der Waals surface area contributed by atoms with Gasteiger partial charge in [0, 0.05) is 13.1 Å². The molecule has 106 valence electrons. The molecule has 0 N–H and O–H groups in total. The number of hydrogen-bond acceptors (Lipinski definition) is 3. The lowest BCUT2D eigenvalue weighted by atomic mass is 10.2. The summed E-state index contributed by atoms with van der Waals surface area (Å²) in [5.41, 5.74) is 1.06. The van der Waals surface area contributed by atoms with Gasteiger partial charge in [0.25, 0.3) is 0 Å². The van der Waals surface area contributed by atoms with Crippen molar-refractivity contribution in [3.63, 3.8) is 0 Å². The highest BCUT2D eigenvalue weighted by molar-refractivity contribution is 7.89. The van der Waals surface area contributed by atoms with Crippen molar-refractivity contribution < 1.29 is 13.2 Å². The fraction of sp³-hybridized carbons (Fsp3) is 0.571. The van der Waals surface area contributed by atoms with Crippen LogP contribution in [0.25, 0.3) is 0 Å². The summed E-state index contributed by atoms with van der Waals surface area (Å²) in [6.45, 7) is 7.62. The molecular weight excluding hydrogens is 262 g/mol. The number of benzene rings is 1. The van der Waals surface area contributed by atoms with E-state index < -0.39 is 10.0 Å². The van der Waals surface area contributed by atoms with Gasteiger partial charge in [-0.2, -0.15) is 4.31 Å². The highest BCUT2D eigenvalue weighted by Crippen LogP contribution is 2.21. The molecular formula is C14H21NO3S. The molecule has 1 aliphatic rings. The van der Waals surface area contributed by atoms with Crippen LogP contribution in [0.2, 0.25) is 0 Å². The van der Waals surface area contributed by atoms with E-state index in [0.29, 0.717) is 30.5 Å². The van der Waals surface area contributed by atoms with Crippen molar-refractivity contribution in [3.05, 3.63) is 29.8 Å². The SMILES string of the molecule is Cc1ccc(S(=O)(=O)N(CC(C)C)CC2CO2)cc1. The predicted molar refractivity (Wildman–Crippen MR) is 74.5 cm³/mol. The van der Waals surface area contributed by atoms with Crippen LogP contribution in [0.4, 0.5) is 0 Å². The smallest absolute Gasteiger partial charge is 0.243 e. The van der Waals surface area contributed by atoms with Crippen LogP contribution in [0.5, 0.6) is 0 Å². The normalized spacial score (nSPS) is 19.1. The highest BCUT2D eigenvalue weighted by Gasteiger charge is 2.32. The number of ether oxygens (including phenoxy) is 1. The number of epoxide rings is 1. The number of aryl methyl sites for hydroxylation is 1. The van der Waals surface area contributed by atoms with E-state index in [2.05, 4.69) is 0 Å². The standard InChI is InChI=1S/C14H21NO3S/c1-11(2)8-15(9-13-10-18-13)19(16,17)14-6-4-12(3)5-7-14/h4-7,11,13H,8-10H2,1-3H3. The van der Waals surface area contributed by atoms with E-state index in [1.54, 1.807) is 16.4 Å². The molecule has 19 heavy (non-hydrogen) atoms. The van der Waals surface area contributed by atoms with Gasteiger partial charge in [0.05, 0.1) is 17.6 Å². The first-order valence-corrected chi connectivity index (χ1v) is 8.02. The van der Waals surface area contributed by atoms with Crippen molar-refractivity contribution in [1.29, 1.82) is 0 Å². The molecule has 0 saturated carbocycles. The summed E-state index contributed by atoms with van der Waals surface area (Å²) in [6.07, 6.45) is 0.0685. The van der Waals surface area contributed by atoms with E-state index >= 15 is 0 Å². The van der Waals surface area contributed by atoms with E-state index in [4.69, 9.17) is 4.74 Å². The first kappa shape index (κ1) is 14.5. The molecule has 0 spiro atoms. The Morgan fingerprint density at radius 2 is 1.89 bits per heavy atom. The molecule has 0 aromatic heterocycles. The van der Waals surface area contributed by atoms with Gasteiger partial charge in [0.15, 0.2) is 0 Å². The van der Waals surface area contributed by atoms with E-state index in [1.165, 1.54) is 0 Å². The Labute approximate surface area is 115 Å². The average Bonchev–Trinajstić information content (AvgIpc) is 3.12. The molecule has 0 aliphatic carbocycles. The third-order valence-corrected chi connectivity index (χ3v) is 4.88. The zero-order valence-corrected chi connectivity index (χ0v) is 12.5. The fourth-order valence-electron chi connectivity index (χ4n) is 1.94. The molecule has 5 heteroatoms. The number of nitrogens with zero attached hydrogens (tertiary/aromatic N) is 1. The second-order valence-corrected chi connectivity index (χ2v) is 7.42. The lowest BCUT2D eigenvalue weighted by Gasteiger charge is -2.23. The van der Waals surface area contributed by atoms with Gasteiger partial charge in [-0.25, -0.2) is 8.42 Å². The Morgan fingerprint density at radius 1 is 1.32 bits per heavy atom. The quantitative estimate of drug-likeness (QED) is 0.751. The van der Waals surface area contributed by atoms with E-state index in [0.717, 1.165) is 5.56 Å². The van der Waals surface area contributed by atoms with Gasteiger partial charge in [-0.15, -0.1) is 0 Å². The summed E-state index contributed by atoms with van der Waals surface area (Å²) < 4.78 is 31.9. The van der Waals surface area contributed by atoms with Crippen molar-refractivity contribution in [1.82, 2.24) is 4.31 Å². The Hall–Kier alpha value is -0.910. The lowest BCUT2D eigenvalue weighted by molar-refractivity contribution is 0.314. The van der Waals surface area contributed by atoms with Crippen molar-refractivity contribution in [2.45, 2.75) is 31.8 Å². The van der Waals surface area contributed by atoms with Gasteiger partial charge in [-0.3, -0.25) is 0 Å². The molecule has 0 amide bonds. The predicted octanol–water partition coefficient (Wildman–Crippen LogP) is 2.04. The molecule has 0 radical (unpaired) electrons. The van der Waals surface area contributed by atoms with Crippen LogP contribution in [0.15, 0.2) is 29.2 Å².